The Morgan fingerprint density at radius 2 is 2.00 bits per heavy atom. The second-order valence-corrected chi connectivity index (χ2v) is 4.07. The van der Waals surface area contributed by atoms with Crippen LogP contribution in [-0.2, 0) is 4.79 Å². The molecular formula is C15H13N3O2. The van der Waals surface area contributed by atoms with Crippen LogP contribution in [0.5, 0.6) is 5.75 Å². The molecule has 100 valence electrons. The minimum atomic E-state index is -0.338. The molecule has 0 unspecified atom stereocenters. The fraction of sp³-hybridized carbons (Fsp3) is 0.0667. The number of benzene rings is 2. The summed E-state index contributed by atoms with van der Waals surface area (Å²) in [5.41, 5.74) is 6.79. The number of rotatable bonds is 4. The number of nitrogens with two attached hydrogens (primary N) is 1. The smallest absolute Gasteiger partial charge is 0.262 e. The zero-order valence-electron chi connectivity index (χ0n) is 10.7. The second-order valence-electron chi connectivity index (χ2n) is 4.07. The van der Waals surface area contributed by atoms with Crippen molar-refractivity contribution in [2.24, 2.45) is 0 Å². The molecule has 0 saturated heterocycles. The van der Waals surface area contributed by atoms with Crippen LogP contribution in [0.15, 0.2) is 48.5 Å². The molecule has 0 heterocycles. The lowest BCUT2D eigenvalue weighted by Crippen LogP contribution is -2.20. The number of para-hydroxylation sites is 1. The summed E-state index contributed by atoms with van der Waals surface area (Å²) < 4.78 is 5.32. The third-order valence-corrected chi connectivity index (χ3v) is 2.55. The van der Waals surface area contributed by atoms with E-state index in [0.29, 0.717) is 22.7 Å². The highest BCUT2D eigenvalue weighted by Gasteiger charge is 2.07. The van der Waals surface area contributed by atoms with Gasteiger partial charge in [0, 0.05) is 5.69 Å². The van der Waals surface area contributed by atoms with Crippen LogP contribution in [-0.4, -0.2) is 12.5 Å². The molecule has 0 aromatic heterocycles. The molecule has 0 aliphatic carbocycles. The maximum atomic E-state index is 11.8. The van der Waals surface area contributed by atoms with Gasteiger partial charge < -0.3 is 15.8 Å². The van der Waals surface area contributed by atoms with Gasteiger partial charge in [-0.05, 0) is 30.3 Å². The van der Waals surface area contributed by atoms with Gasteiger partial charge in [-0.25, -0.2) is 0 Å². The summed E-state index contributed by atoms with van der Waals surface area (Å²) in [7, 11) is 0. The van der Waals surface area contributed by atoms with Crippen LogP contribution < -0.4 is 15.8 Å². The number of nitriles is 1. The number of nitrogens with zero attached hydrogens (tertiary/aromatic N) is 1. The van der Waals surface area contributed by atoms with Gasteiger partial charge in [0.1, 0.15) is 11.8 Å². The molecule has 0 spiro atoms. The van der Waals surface area contributed by atoms with E-state index < -0.39 is 0 Å². The predicted octanol–water partition coefficient (Wildman–Crippen LogP) is 2.16. The molecule has 2 aromatic carbocycles. The van der Waals surface area contributed by atoms with Gasteiger partial charge in [-0.15, -0.1) is 0 Å². The summed E-state index contributed by atoms with van der Waals surface area (Å²) in [6, 6.07) is 15.7. The summed E-state index contributed by atoms with van der Waals surface area (Å²) in [6.07, 6.45) is 0. The van der Waals surface area contributed by atoms with Crippen molar-refractivity contribution in [3.8, 4) is 11.8 Å². The average molecular weight is 267 g/mol. The number of hydrogen-bond acceptors (Lipinski definition) is 4. The molecule has 0 aliphatic rings. The van der Waals surface area contributed by atoms with Crippen LogP contribution in [0.25, 0.3) is 0 Å². The van der Waals surface area contributed by atoms with Gasteiger partial charge in [-0.1, -0.05) is 18.2 Å². The van der Waals surface area contributed by atoms with Gasteiger partial charge in [0.25, 0.3) is 5.91 Å². The molecule has 20 heavy (non-hydrogen) atoms. The van der Waals surface area contributed by atoms with Gasteiger partial charge >= 0.3 is 0 Å². The fourth-order valence-corrected chi connectivity index (χ4v) is 1.62. The molecule has 0 saturated carbocycles. The van der Waals surface area contributed by atoms with Gasteiger partial charge in [0.2, 0.25) is 0 Å². The van der Waals surface area contributed by atoms with Crippen LogP contribution in [0.1, 0.15) is 5.56 Å². The van der Waals surface area contributed by atoms with E-state index in [4.69, 9.17) is 15.7 Å². The number of amides is 1. The lowest BCUT2D eigenvalue weighted by atomic mass is 10.1. The number of nitrogen functional groups attached to an aromatic ring is 1. The zero-order chi connectivity index (χ0) is 14.4. The van der Waals surface area contributed by atoms with Crippen molar-refractivity contribution in [3.63, 3.8) is 0 Å². The summed E-state index contributed by atoms with van der Waals surface area (Å²) in [5, 5.41) is 11.6. The normalized spacial score (nSPS) is 9.55. The summed E-state index contributed by atoms with van der Waals surface area (Å²) in [4.78, 5) is 11.8. The molecule has 2 rings (SSSR count). The topological polar surface area (TPSA) is 88.1 Å². The van der Waals surface area contributed by atoms with E-state index in [-0.39, 0.29) is 12.5 Å². The number of carbonyl (C=O) groups is 1. The van der Waals surface area contributed by atoms with Gasteiger partial charge in [-0.3, -0.25) is 4.79 Å². The van der Waals surface area contributed by atoms with E-state index in [9.17, 15) is 4.79 Å². The van der Waals surface area contributed by atoms with Crippen molar-refractivity contribution < 1.29 is 9.53 Å². The van der Waals surface area contributed by atoms with Crippen molar-refractivity contribution in [3.05, 3.63) is 54.1 Å². The first-order chi connectivity index (χ1) is 9.69. The summed E-state index contributed by atoms with van der Waals surface area (Å²) in [6.45, 7) is -0.126. The Bertz CT molecular complexity index is 648. The van der Waals surface area contributed by atoms with E-state index in [2.05, 4.69) is 5.32 Å². The highest BCUT2D eigenvalue weighted by molar-refractivity contribution is 5.93. The Morgan fingerprint density at radius 3 is 2.70 bits per heavy atom. The second kappa shape index (κ2) is 6.25. The number of hydrogen-bond donors (Lipinski definition) is 2. The molecule has 0 bridgehead atoms. The molecule has 1 amide bonds. The van der Waals surface area contributed by atoms with Crippen molar-refractivity contribution in [1.82, 2.24) is 0 Å². The van der Waals surface area contributed by atoms with Crippen LogP contribution in [0.2, 0.25) is 0 Å². The maximum absolute atomic E-state index is 11.8. The van der Waals surface area contributed by atoms with Crippen molar-refractivity contribution >= 4 is 17.3 Å². The van der Waals surface area contributed by atoms with E-state index in [1.165, 1.54) is 6.07 Å². The van der Waals surface area contributed by atoms with Gasteiger partial charge in [-0.2, -0.15) is 5.26 Å². The van der Waals surface area contributed by atoms with Gasteiger partial charge in [0.05, 0.1) is 11.3 Å². The quantitative estimate of drug-likeness (QED) is 0.831. The molecule has 0 fully saturated rings. The van der Waals surface area contributed by atoms with E-state index in [0.717, 1.165) is 0 Å². The maximum Gasteiger partial charge on any atom is 0.262 e. The third kappa shape index (κ3) is 3.50. The molecule has 0 radical (unpaired) electrons. The SMILES string of the molecule is N#Cc1cc(N)ccc1NC(=O)COc1ccccc1. The Hall–Kier alpha value is -3.00. The summed E-state index contributed by atoms with van der Waals surface area (Å²) >= 11 is 0. The molecule has 3 N–H and O–H groups in total. The molecule has 0 aliphatic heterocycles. The first-order valence-corrected chi connectivity index (χ1v) is 5.96. The number of anilines is 2. The largest absolute Gasteiger partial charge is 0.484 e. The van der Waals surface area contributed by atoms with Crippen molar-refractivity contribution in [1.29, 1.82) is 5.26 Å². The molecule has 2 aromatic rings. The highest BCUT2D eigenvalue weighted by Crippen LogP contribution is 2.18. The number of nitrogens with one attached hydrogen (secondary N) is 1. The van der Waals surface area contributed by atoms with Crippen LogP contribution >= 0.6 is 0 Å². The van der Waals surface area contributed by atoms with Crippen molar-refractivity contribution in [2.45, 2.75) is 0 Å². The van der Waals surface area contributed by atoms with E-state index >= 15 is 0 Å². The number of carbonyl (C=O) groups excluding carboxylic acids is 1. The average Bonchev–Trinajstić information content (AvgIpc) is 2.48. The molecule has 5 nitrogen and oxygen atoms in total. The van der Waals surface area contributed by atoms with E-state index in [1.54, 1.807) is 24.3 Å². The molecular weight excluding hydrogens is 254 g/mol. The Kier molecular flexibility index (Phi) is 4.20. The molecule has 0 atom stereocenters. The standard InChI is InChI=1S/C15H13N3O2/c16-9-11-8-12(17)6-7-14(11)18-15(19)10-20-13-4-2-1-3-5-13/h1-8H,10,17H2,(H,18,19). The summed E-state index contributed by atoms with van der Waals surface area (Å²) in [5.74, 6) is 0.274. The predicted molar refractivity (Wildman–Crippen MR) is 76.1 cm³/mol. The van der Waals surface area contributed by atoms with Crippen LogP contribution in [0, 0.1) is 11.3 Å². The lowest BCUT2D eigenvalue weighted by molar-refractivity contribution is -0.118. The lowest BCUT2D eigenvalue weighted by Gasteiger charge is -2.09. The number of ether oxygens (including phenoxy) is 1. The first kappa shape index (κ1) is 13.4. The first-order valence-electron chi connectivity index (χ1n) is 5.96. The van der Waals surface area contributed by atoms with Crippen molar-refractivity contribution in [2.75, 3.05) is 17.7 Å². The fourth-order valence-electron chi connectivity index (χ4n) is 1.62. The van der Waals surface area contributed by atoms with E-state index in [1.807, 2.05) is 24.3 Å². The Morgan fingerprint density at radius 1 is 1.25 bits per heavy atom. The van der Waals surface area contributed by atoms with Crippen LogP contribution in [0.4, 0.5) is 11.4 Å². The van der Waals surface area contributed by atoms with Gasteiger partial charge in [0.15, 0.2) is 6.61 Å². The Balaban J connectivity index is 1.97. The Labute approximate surface area is 116 Å². The third-order valence-electron chi connectivity index (χ3n) is 2.55. The van der Waals surface area contributed by atoms with Crippen LogP contribution in [0.3, 0.4) is 0 Å². The minimum Gasteiger partial charge on any atom is -0.484 e. The zero-order valence-corrected chi connectivity index (χ0v) is 10.7. The highest BCUT2D eigenvalue weighted by atomic mass is 16.5. The minimum absolute atomic E-state index is 0.126. The molecule has 5 heteroatoms. The monoisotopic (exact) mass is 267 g/mol.